The molecule has 4 rings (SSSR count). The molecule has 0 spiro atoms. The maximum absolute atomic E-state index is 14.5. The Kier molecular flexibility index (Phi) is 7.31. The number of nitrogens with zero attached hydrogens (tertiary/aromatic N) is 3. The van der Waals surface area contributed by atoms with Gasteiger partial charge in [-0.05, 0) is 75.9 Å². The molecular weight excluding hydrogens is 431 g/mol. The summed E-state index contributed by atoms with van der Waals surface area (Å²) in [5.41, 5.74) is 4.14. The number of anilines is 1. The summed E-state index contributed by atoms with van der Waals surface area (Å²) in [6.07, 6.45) is 4.34. The van der Waals surface area contributed by atoms with Crippen molar-refractivity contribution < 1.29 is 14.0 Å². The maximum atomic E-state index is 14.5. The predicted octanol–water partition coefficient (Wildman–Crippen LogP) is 4.62. The average Bonchev–Trinajstić information content (AvgIpc) is 3.31. The van der Waals surface area contributed by atoms with Gasteiger partial charge in [0.2, 0.25) is 5.91 Å². The molecule has 0 radical (unpaired) electrons. The lowest BCUT2D eigenvalue weighted by Gasteiger charge is -2.41. The Morgan fingerprint density at radius 2 is 1.85 bits per heavy atom. The predicted molar refractivity (Wildman–Crippen MR) is 131 cm³/mol. The molecule has 1 aromatic carbocycles. The summed E-state index contributed by atoms with van der Waals surface area (Å²) in [4.78, 5) is 34.4. The van der Waals surface area contributed by atoms with Crippen LogP contribution < -0.4 is 5.32 Å². The summed E-state index contributed by atoms with van der Waals surface area (Å²) in [7, 11) is 0. The highest BCUT2D eigenvalue weighted by Crippen LogP contribution is 2.29. The number of benzene rings is 1. The van der Waals surface area contributed by atoms with E-state index in [4.69, 9.17) is 0 Å². The summed E-state index contributed by atoms with van der Waals surface area (Å²) in [6, 6.07) is 6.59. The third-order valence-electron chi connectivity index (χ3n) is 7.29. The minimum atomic E-state index is -0.377. The third-order valence-corrected chi connectivity index (χ3v) is 7.29. The molecule has 1 aliphatic carbocycles. The molecule has 182 valence electrons. The van der Waals surface area contributed by atoms with Gasteiger partial charge in [0.15, 0.2) is 0 Å². The number of hydrogen-bond donors (Lipinski definition) is 1. The largest absolute Gasteiger partial charge is 0.337 e. The van der Waals surface area contributed by atoms with Crippen molar-refractivity contribution >= 4 is 17.5 Å². The van der Waals surface area contributed by atoms with Crippen LogP contribution in [0.5, 0.6) is 0 Å². The topological polar surface area (TPSA) is 65.5 Å². The van der Waals surface area contributed by atoms with Gasteiger partial charge in [0.25, 0.3) is 5.91 Å². The average molecular weight is 467 g/mol. The fourth-order valence-electron chi connectivity index (χ4n) is 5.30. The van der Waals surface area contributed by atoms with E-state index < -0.39 is 0 Å². The molecule has 2 amide bonds. The zero-order valence-corrected chi connectivity index (χ0v) is 20.7. The monoisotopic (exact) mass is 466 g/mol. The first kappa shape index (κ1) is 24.3. The number of nitrogens with one attached hydrogen (secondary N) is 1. The Morgan fingerprint density at radius 3 is 2.53 bits per heavy atom. The van der Waals surface area contributed by atoms with Crippen LogP contribution >= 0.6 is 0 Å². The molecule has 34 heavy (non-hydrogen) atoms. The van der Waals surface area contributed by atoms with Crippen molar-refractivity contribution in [3.63, 3.8) is 0 Å². The standard InChI is InChI=1S/C27H35FN4O2/c1-17-9-10-24(20(4)29-17)26(33)30-25-14-23(28)13-22(19(25)3)16-31-11-12-32(18(2)15-31)27(34)21-7-5-6-8-21/h9-10,13-14,18,21H,5-8,11-12,15-16H2,1-4H3,(H,30,33)/t18-/m0/s1. The second-order valence-electron chi connectivity index (χ2n) is 9.87. The Hall–Kier alpha value is -2.80. The van der Waals surface area contributed by atoms with E-state index in [9.17, 15) is 14.0 Å². The molecule has 2 aliphatic rings. The zero-order chi connectivity index (χ0) is 24.4. The van der Waals surface area contributed by atoms with Gasteiger partial charge in [-0.15, -0.1) is 0 Å². The lowest BCUT2D eigenvalue weighted by atomic mass is 10.0. The van der Waals surface area contributed by atoms with E-state index in [1.165, 1.54) is 6.07 Å². The minimum absolute atomic E-state index is 0.131. The molecule has 1 aliphatic heterocycles. The van der Waals surface area contributed by atoms with Gasteiger partial charge in [-0.3, -0.25) is 19.5 Å². The summed E-state index contributed by atoms with van der Waals surface area (Å²) in [5, 5.41) is 2.88. The highest BCUT2D eigenvalue weighted by atomic mass is 19.1. The lowest BCUT2D eigenvalue weighted by molar-refractivity contribution is -0.140. The first-order valence-electron chi connectivity index (χ1n) is 12.3. The van der Waals surface area contributed by atoms with E-state index in [0.29, 0.717) is 35.9 Å². The number of carbonyl (C=O) groups excluding carboxylic acids is 2. The quantitative estimate of drug-likeness (QED) is 0.698. The fraction of sp³-hybridized carbons (Fsp3) is 0.519. The van der Waals surface area contributed by atoms with Crippen LogP contribution in [0.25, 0.3) is 0 Å². The van der Waals surface area contributed by atoms with Crippen molar-refractivity contribution in [1.29, 1.82) is 0 Å². The van der Waals surface area contributed by atoms with Gasteiger partial charge in [-0.25, -0.2) is 4.39 Å². The Morgan fingerprint density at radius 1 is 1.12 bits per heavy atom. The number of aryl methyl sites for hydroxylation is 2. The van der Waals surface area contributed by atoms with E-state index in [1.807, 2.05) is 18.7 Å². The Balaban J connectivity index is 1.44. The third kappa shape index (κ3) is 5.30. The molecule has 7 heteroatoms. The molecule has 0 unspecified atom stereocenters. The molecule has 2 fully saturated rings. The second-order valence-corrected chi connectivity index (χ2v) is 9.87. The molecule has 1 saturated heterocycles. The maximum Gasteiger partial charge on any atom is 0.257 e. The van der Waals surface area contributed by atoms with E-state index in [-0.39, 0.29) is 23.7 Å². The van der Waals surface area contributed by atoms with Crippen LogP contribution in [-0.2, 0) is 11.3 Å². The van der Waals surface area contributed by atoms with Gasteiger partial charge in [0, 0.05) is 49.5 Å². The number of carbonyl (C=O) groups is 2. The summed E-state index contributed by atoms with van der Waals surface area (Å²) in [5.74, 6) is -0.175. The first-order valence-corrected chi connectivity index (χ1v) is 12.3. The Bertz CT molecular complexity index is 1080. The van der Waals surface area contributed by atoms with E-state index in [2.05, 4.69) is 22.1 Å². The number of halogens is 1. The summed E-state index contributed by atoms with van der Waals surface area (Å²) in [6.45, 7) is 10.5. The van der Waals surface area contributed by atoms with Gasteiger partial charge in [0.05, 0.1) is 11.3 Å². The van der Waals surface area contributed by atoms with Crippen LogP contribution in [0.15, 0.2) is 24.3 Å². The molecule has 2 heterocycles. The highest BCUT2D eigenvalue weighted by molar-refractivity contribution is 6.05. The Labute approximate surface area is 201 Å². The molecule has 0 bridgehead atoms. The van der Waals surface area contributed by atoms with Gasteiger partial charge >= 0.3 is 0 Å². The molecule has 2 aromatic rings. The van der Waals surface area contributed by atoms with E-state index in [1.54, 1.807) is 25.1 Å². The molecule has 1 atom stereocenters. The highest BCUT2D eigenvalue weighted by Gasteiger charge is 2.33. The van der Waals surface area contributed by atoms with Crippen molar-refractivity contribution in [3.8, 4) is 0 Å². The summed E-state index contributed by atoms with van der Waals surface area (Å²) < 4.78 is 14.5. The van der Waals surface area contributed by atoms with Gasteiger partial charge < -0.3 is 10.2 Å². The van der Waals surface area contributed by atoms with Crippen molar-refractivity contribution in [1.82, 2.24) is 14.8 Å². The molecular formula is C27H35FN4O2. The van der Waals surface area contributed by atoms with Crippen LogP contribution in [-0.4, -0.2) is 52.3 Å². The number of pyridine rings is 1. The zero-order valence-electron chi connectivity index (χ0n) is 20.7. The first-order chi connectivity index (χ1) is 16.2. The number of aromatic nitrogens is 1. The van der Waals surface area contributed by atoms with Crippen LogP contribution in [0.4, 0.5) is 10.1 Å². The van der Waals surface area contributed by atoms with Crippen molar-refractivity contribution in [2.75, 3.05) is 25.0 Å². The van der Waals surface area contributed by atoms with E-state index in [0.717, 1.165) is 55.6 Å². The fourth-order valence-corrected chi connectivity index (χ4v) is 5.30. The van der Waals surface area contributed by atoms with Gasteiger partial charge in [-0.1, -0.05) is 12.8 Å². The SMILES string of the molecule is Cc1ccc(C(=O)Nc2cc(F)cc(CN3CCN(C(=O)C4CCCC4)[C@@H](C)C3)c2C)c(C)n1. The van der Waals surface area contributed by atoms with Crippen molar-refractivity contribution in [2.45, 2.75) is 66.0 Å². The molecule has 6 nitrogen and oxygen atoms in total. The molecule has 1 aromatic heterocycles. The van der Waals surface area contributed by atoms with Gasteiger partial charge in [0.1, 0.15) is 5.82 Å². The molecule has 1 N–H and O–H groups in total. The number of amides is 2. The molecule has 1 saturated carbocycles. The van der Waals surface area contributed by atoms with Crippen molar-refractivity contribution in [3.05, 3.63) is 58.2 Å². The van der Waals surface area contributed by atoms with Crippen LogP contribution in [0.1, 0.15) is 65.5 Å². The number of hydrogen-bond acceptors (Lipinski definition) is 4. The van der Waals surface area contributed by atoms with Crippen molar-refractivity contribution in [2.24, 2.45) is 5.92 Å². The smallest absolute Gasteiger partial charge is 0.257 e. The minimum Gasteiger partial charge on any atom is -0.337 e. The van der Waals surface area contributed by atoms with E-state index >= 15 is 0 Å². The van der Waals surface area contributed by atoms with Gasteiger partial charge in [-0.2, -0.15) is 0 Å². The van der Waals surface area contributed by atoms with Crippen LogP contribution in [0, 0.1) is 32.5 Å². The number of piperazine rings is 1. The van der Waals surface area contributed by atoms with Crippen LogP contribution in [0.2, 0.25) is 0 Å². The lowest BCUT2D eigenvalue weighted by Crippen LogP contribution is -2.54. The van der Waals surface area contributed by atoms with Crippen LogP contribution in [0.3, 0.4) is 0 Å². The second kappa shape index (κ2) is 10.2. The number of rotatable bonds is 5. The summed E-state index contributed by atoms with van der Waals surface area (Å²) >= 11 is 0. The normalized spacial score (nSPS) is 19.4.